The second-order valence-electron chi connectivity index (χ2n) is 3.99. The van der Waals surface area contributed by atoms with E-state index in [1.54, 1.807) is 0 Å². The van der Waals surface area contributed by atoms with Crippen molar-refractivity contribution in [3.8, 4) is 0 Å². The summed E-state index contributed by atoms with van der Waals surface area (Å²) in [5, 5.41) is 0. The maximum Gasteiger partial charge on any atom is 0.159 e. The van der Waals surface area contributed by atoms with Crippen LogP contribution in [0, 0.1) is 0 Å². The number of halogens is 1. The molecule has 0 saturated carbocycles. The molecule has 1 aliphatic heterocycles. The van der Waals surface area contributed by atoms with Gasteiger partial charge in [0.05, 0.1) is 26.4 Å². The standard InChI is InChI=1S/C13H17BrO3/c14-12-4-2-11(3-5-12)10-15-9-6-13-16-7-1-8-17-13/h2-5,13H,1,6-10H2. The topological polar surface area (TPSA) is 27.7 Å². The Morgan fingerprint density at radius 2 is 1.88 bits per heavy atom. The lowest BCUT2D eigenvalue weighted by Crippen LogP contribution is -2.26. The van der Waals surface area contributed by atoms with E-state index in [1.165, 1.54) is 5.56 Å². The average Bonchev–Trinajstić information content (AvgIpc) is 2.38. The van der Waals surface area contributed by atoms with E-state index in [9.17, 15) is 0 Å². The molecule has 0 aromatic heterocycles. The van der Waals surface area contributed by atoms with Crippen LogP contribution in [-0.2, 0) is 20.8 Å². The summed E-state index contributed by atoms with van der Waals surface area (Å²) in [6.45, 7) is 2.91. The van der Waals surface area contributed by atoms with Gasteiger partial charge in [-0.15, -0.1) is 0 Å². The van der Waals surface area contributed by atoms with Crippen LogP contribution in [0.5, 0.6) is 0 Å². The van der Waals surface area contributed by atoms with Gasteiger partial charge in [-0.05, 0) is 24.1 Å². The van der Waals surface area contributed by atoms with Crippen molar-refractivity contribution in [2.24, 2.45) is 0 Å². The molecule has 1 heterocycles. The van der Waals surface area contributed by atoms with Crippen LogP contribution >= 0.6 is 15.9 Å². The van der Waals surface area contributed by atoms with E-state index in [-0.39, 0.29) is 6.29 Å². The molecule has 0 atom stereocenters. The first-order valence-corrected chi connectivity index (χ1v) is 6.69. The van der Waals surface area contributed by atoms with Gasteiger partial charge in [-0.2, -0.15) is 0 Å². The molecule has 17 heavy (non-hydrogen) atoms. The molecule has 0 unspecified atom stereocenters. The van der Waals surface area contributed by atoms with Crippen molar-refractivity contribution in [2.45, 2.75) is 25.7 Å². The number of hydrogen-bond donors (Lipinski definition) is 0. The van der Waals surface area contributed by atoms with Crippen LogP contribution in [0.15, 0.2) is 28.7 Å². The molecule has 0 amide bonds. The first-order valence-electron chi connectivity index (χ1n) is 5.90. The highest BCUT2D eigenvalue weighted by atomic mass is 79.9. The van der Waals surface area contributed by atoms with Crippen molar-refractivity contribution >= 4 is 15.9 Å². The van der Waals surface area contributed by atoms with Crippen LogP contribution in [0.25, 0.3) is 0 Å². The summed E-state index contributed by atoms with van der Waals surface area (Å²) in [6.07, 6.45) is 1.72. The zero-order chi connectivity index (χ0) is 11.9. The lowest BCUT2D eigenvalue weighted by Gasteiger charge is -2.22. The van der Waals surface area contributed by atoms with Gasteiger partial charge in [0, 0.05) is 10.9 Å². The number of rotatable bonds is 5. The molecule has 94 valence electrons. The van der Waals surface area contributed by atoms with Gasteiger partial charge >= 0.3 is 0 Å². The fourth-order valence-electron chi connectivity index (χ4n) is 1.65. The van der Waals surface area contributed by atoms with Crippen molar-refractivity contribution in [3.63, 3.8) is 0 Å². The Balaban J connectivity index is 1.60. The lowest BCUT2D eigenvalue weighted by molar-refractivity contribution is -0.186. The van der Waals surface area contributed by atoms with Crippen molar-refractivity contribution in [1.29, 1.82) is 0 Å². The van der Waals surface area contributed by atoms with E-state index < -0.39 is 0 Å². The summed E-state index contributed by atoms with van der Waals surface area (Å²) in [7, 11) is 0. The minimum absolute atomic E-state index is 0.0753. The minimum atomic E-state index is -0.0753. The molecule has 3 nitrogen and oxygen atoms in total. The van der Waals surface area contributed by atoms with Crippen molar-refractivity contribution in [2.75, 3.05) is 19.8 Å². The molecular weight excluding hydrogens is 284 g/mol. The van der Waals surface area contributed by atoms with Gasteiger partial charge in [-0.1, -0.05) is 28.1 Å². The Hall–Kier alpha value is -0.420. The smallest absolute Gasteiger partial charge is 0.159 e. The SMILES string of the molecule is Brc1ccc(COCCC2OCCCO2)cc1. The van der Waals surface area contributed by atoms with E-state index in [0.717, 1.165) is 30.5 Å². The zero-order valence-electron chi connectivity index (χ0n) is 9.73. The molecule has 0 N–H and O–H groups in total. The van der Waals surface area contributed by atoms with Crippen LogP contribution in [0.2, 0.25) is 0 Å². The molecule has 4 heteroatoms. The van der Waals surface area contributed by atoms with E-state index in [2.05, 4.69) is 28.1 Å². The lowest BCUT2D eigenvalue weighted by atomic mass is 10.2. The van der Waals surface area contributed by atoms with E-state index in [1.807, 2.05) is 12.1 Å². The average molecular weight is 301 g/mol. The molecule has 1 fully saturated rings. The van der Waals surface area contributed by atoms with Gasteiger partial charge in [-0.25, -0.2) is 0 Å². The predicted octanol–water partition coefficient (Wildman–Crippen LogP) is 3.12. The number of benzene rings is 1. The van der Waals surface area contributed by atoms with Crippen molar-refractivity contribution in [3.05, 3.63) is 34.3 Å². The summed E-state index contributed by atoms with van der Waals surface area (Å²) in [5.74, 6) is 0. The molecule has 0 radical (unpaired) electrons. The molecule has 1 aromatic carbocycles. The summed E-state index contributed by atoms with van der Waals surface area (Å²) < 4.78 is 17.6. The molecule has 0 aliphatic carbocycles. The Morgan fingerprint density at radius 3 is 2.59 bits per heavy atom. The maximum absolute atomic E-state index is 5.59. The third-order valence-corrected chi connectivity index (χ3v) is 3.10. The van der Waals surface area contributed by atoms with Gasteiger partial charge in [0.25, 0.3) is 0 Å². The van der Waals surface area contributed by atoms with Gasteiger partial charge in [0.1, 0.15) is 0 Å². The fraction of sp³-hybridized carbons (Fsp3) is 0.538. The normalized spacial score (nSPS) is 17.2. The number of hydrogen-bond acceptors (Lipinski definition) is 3. The van der Waals surface area contributed by atoms with Crippen LogP contribution in [-0.4, -0.2) is 26.1 Å². The molecule has 1 saturated heterocycles. The van der Waals surface area contributed by atoms with Crippen molar-refractivity contribution in [1.82, 2.24) is 0 Å². The highest BCUT2D eigenvalue weighted by Crippen LogP contribution is 2.12. The second kappa shape index (κ2) is 7.11. The third kappa shape index (κ3) is 4.76. The minimum Gasteiger partial charge on any atom is -0.377 e. The Kier molecular flexibility index (Phi) is 5.45. The molecule has 2 rings (SSSR count). The number of ether oxygens (including phenoxy) is 3. The Morgan fingerprint density at radius 1 is 1.18 bits per heavy atom. The van der Waals surface area contributed by atoms with Crippen LogP contribution in [0.1, 0.15) is 18.4 Å². The van der Waals surface area contributed by atoms with Crippen molar-refractivity contribution < 1.29 is 14.2 Å². The van der Waals surface area contributed by atoms with E-state index in [4.69, 9.17) is 14.2 Å². The van der Waals surface area contributed by atoms with Gasteiger partial charge in [-0.3, -0.25) is 0 Å². The van der Waals surface area contributed by atoms with Crippen LogP contribution in [0.3, 0.4) is 0 Å². The largest absolute Gasteiger partial charge is 0.377 e. The van der Waals surface area contributed by atoms with Gasteiger partial charge in [0.15, 0.2) is 6.29 Å². The molecule has 0 spiro atoms. The Labute approximate surface area is 110 Å². The zero-order valence-corrected chi connectivity index (χ0v) is 11.3. The highest BCUT2D eigenvalue weighted by molar-refractivity contribution is 9.10. The molecule has 1 aromatic rings. The summed E-state index contributed by atoms with van der Waals surface area (Å²) in [4.78, 5) is 0. The third-order valence-electron chi connectivity index (χ3n) is 2.58. The molecule has 0 bridgehead atoms. The fourth-order valence-corrected chi connectivity index (χ4v) is 1.92. The second-order valence-corrected chi connectivity index (χ2v) is 4.91. The van der Waals surface area contributed by atoms with Gasteiger partial charge in [0.2, 0.25) is 0 Å². The summed E-state index contributed by atoms with van der Waals surface area (Å²) in [6, 6.07) is 8.15. The maximum atomic E-state index is 5.59. The first kappa shape index (κ1) is 13.0. The van der Waals surface area contributed by atoms with Crippen LogP contribution in [0.4, 0.5) is 0 Å². The Bertz CT molecular complexity index is 320. The molecular formula is C13H17BrO3. The first-order chi connectivity index (χ1) is 8.34. The predicted molar refractivity (Wildman–Crippen MR) is 68.7 cm³/mol. The highest BCUT2D eigenvalue weighted by Gasteiger charge is 2.13. The van der Waals surface area contributed by atoms with Crippen LogP contribution < -0.4 is 0 Å². The van der Waals surface area contributed by atoms with Gasteiger partial charge < -0.3 is 14.2 Å². The quantitative estimate of drug-likeness (QED) is 0.782. The summed E-state index contributed by atoms with van der Waals surface area (Å²) in [5.41, 5.74) is 1.18. The molecule has 1 aliphatic rings. The van der Waals surface area contributed by atoms with E-state index in [0.29, 0.717) is 13.2 Å². The summed E-state index contributed by atoms with van der Waals surface area (Å²) >= 11 is 3.41. The van der Waals surface area contributed by atoms with E-state index >= 15 is 0 Å². The monoisotopic (exact) mass is 300 g/mol.